The van der Waals surface area contributed by atoms with E-state index in [-0.39, 0.29) is 16.6 Å². The van der Waals surface area contributed by atoms with Gasteiger partial charge < -0.3 is 5.73 Å². The molecule has 1 aromatic rings. The molecule has 18 heavy (non-hydrogen) atoms. The highest BCUT2D eigenvalue weighted by Gasteiger charge is 2.32. The quantitative estimate of drug-likeness (QED) is 0.839. The highest BCUT2D eigenvalue weighted by Crippen LogP contribution is 2.28. The number of hydrogen-bond acceptors (Lipinski definition) is 4. The van der Waals surface area contributed by atoms with Gasteiger partial charge in [0.2, 0.25) is 10.0 Å². The molecule has 0 aliphatic carbocycles. The average molecular weight is 290 g/mol. The van der Waals surface area contributed by atoms with Gasteiger partial charge in [0.1, 0.15) is 10.7 Å². The lowest BCUT2D eigenvalue weighted by molar-refractivity contribution is 0.367. The molecule has 0 bridgehead atoms. The van der Waals surface area contributed by atoms with Crippen LogP contribution in [0.4, 0.5) is 10.1 Å². The lowest BCUT2D eigenvalue weighted by atomic mass is 10.3. The third kappa shape index (κ3) is 2.34. The van der Waals surface area contributed by atoms with E-state index in [0.29, 0.717) is 6.54 Å². The number of benzene rings is 1. The van der Waals surface area contributed by atoms with Crippen LogP contribution in [0.1, 0.15) is 6.92 Å². The lowest BCUT2D eigenvalue weighted by Crippen LogP contribution is -2.44. The first-order chi connectivity index (χ1) is 8.44. The average Bonchev–Trinajstić information content (AvgIpc) is 2.32. The van der Waals surface area contributed by atoms with E-state index < -0.39 is 15.8 Å². The summed E-state index contributed by atoms with van der Waals surface area (Å²) in [5.74, 6) is 0.794. The summed E-state index contributed by atoms with van der Waals surface area (Å²) >= 11 is 1.71. The first kappa shape index (κ1) is 13.6. The van der Waals surface area contributed by atoms with Crippen molar-refractivity contribution in [2.24, 2.45) is 0 Å². The molecule has 4 nitrogen and oxygen atoms in total. The summed E-state index contributed by atoms with van der Waals surface area (Å²) in [5.41, 5.74) is 5.23. The molecule has 1 saturated heterocycles. The van der Waals surface area contributed by atoms with Crippen LogP contribution >= 0.6 is 11.8 Å². The van der Waals surface area contributed by atoms with E-state index in [2.05, 4.69) is 0 Å². The molecular formula is C11H15FN2O2S2. The van der Waals surface area contributed by atoms with Crippen molar-refractivity contribution in [1.82, 2.24) is 4.31 Å². The molecule has 1 aliphatic heterocycles. The van der Waals surface area contributed by atoms with Crippen LogP contribution in [-0.2, 0) is 10.0 Å². The number of para-hydroxylation sites is 1. The first-order valence-corrected chi connectivity index (χ1v) is 8.17. The normalized spacial score (nSPS) is 22.0. The van der Waals surface area contributed by atoms with Crippen molar-refractivity contribution in [3.63, 3.8) is 0 Å². The van der Waals surface area contributed by atoms with E-state index in [1.54, 1.807) is 11.8 Å². The van der Waals surface area contributed by atoms with Crippen LogP contribution in [-0.4, -0.2) is 36.8 Å². The Bertz CT molecular complexity index is 548. The monoisotopic (exact) mass is 290 g/mol. The van der Waals surface area contributed by atoms with Gasteiger partial charge in [-0.3, -0.25) is 0 Å². The van der Waals surface area contributed by atoms with E-state index in [0.717, 1.165) is 17.6 Å². The second-order valence-electron chi connectivity index (χ2n) is 4.19. The maximum atomic E-state index is 13.4. The van der Waals surface area contributed by atoms with Crippen LogP contribution in [0.25, 0.3) is 0 Å². The van der Waals surface area contributed by atoms with Crippen molar-refractivity contribution < 1.29 is 12.8 Å². The molecule has 1 fully saturated rings. The van der Waals surface area contributed by atoms with Gasteiger partial charge in [-0.25, -0.2) is 12.8 Å². The fourth-order valence-electron chi connectivity index (χ4n) is 1.94. The van der Waals surface area contributed by atoms with Crippen LogP contribution in [0, 0.1) is 5.82 Å². The van der Waals surface area contributed by atoms with Crippen molar-refractivity contribution in [3.8, 4) is 0 Å². The molecule has 0 spiro atoms. The number of nitrogen functional groups attached to an aromatic ring is 1. The highest BCUT2D eigenvalue weighted by atomic mass is 32.2. The smallest absolute Gasteiger partial charge is 0.245 e. The van der Waals surface area contributed by atoms with Gasteiger partial charge in [0, 0.05) is 24.1 Å². The number of rotatable bonds is 2. The summed E-state index contributed by atoms with van der Waals surface area (Å²) in [6, 6.07) is 3.77. The molecule has 1 aromatic carbocycles. The molecule has 0 aromatic heterocycles. The maximum Gasteiger partial charge on any atom is 0.245 e. The Morgan fingerprint density at radius 1 is 1.50 bits per heavy atom. The zero-order valence-corrected chi connectivity index (χ0v) is 11.6. The molecule has 0 radical (unpaired) electrons. The molecule has 100 valence electrons. The van der Waals surface area contributed by atoms with Crippen LogP contribution in [0.5, 0.6) is 0 Å². The SMILES string of the molecule is CC1CSCCN1S(=O)(=O)c1cccc(F)c1N. The predicted molar refractivity (Wildman–Crippen MR) is 71.5 cm³/mol. The Morgan fingerprint density at radius 2 is 2.22 bits per heavy atom. The van der Waals surface area contributed by atoms with Gasteiger partial charge in [0.25, 0.3) is 0 Å². The Hall–Kier alpha value is -0.790. The van der Waals surface area contributed by atoms with E-state index in [4.69, 9.17) is 5.73 Å². The van der Waals surface area contributed by atoms with E-state index in [1.807, 2.05) is 6.92 Å². The number of halogens is 1. The summed E-state index contributed by atoms with van der Waals surface area (Å²) < 4.78 is 39.6. The van der Waals surface area contributed by atoms with Crippen molar-refractivity contribution >= 4 is 27.5 Å². The lowest BCUT2D eigenvalue weighted by Gasteiger charge is -2.32. The number of hydrogen-bond donors (Lipinski definition) is 1. The minimum Gasteiger partial charge on any atom is -0.395 e. The van der Waals surface area contributed by atoms with Gasteiger partial charge in [-0.2, -0.15) is 16.1 Å². The minimum absolute atomic E-state index is 0.101. The third-order valence-corrected chi connectivity index (χ3v) is 6.17. The second kappa shape index (κ2) is 5.07. The molecule has 1 aliphatic rings. The summed E-state index contributed by atoms with van der Waals surface area (Å²) in [7, 11) is -3.71. The predicted octanol–water partition coefficient (Wildman–Crippen LogP) is 1.53. The van der Waals surface area contributed by atoms with Crippen molar-refractivity contribution in [2.75, 3.05) is 23.8 Å². The van der Waals surface area contributed by atoms with E-state index in [9.17, 15) is 12.8 Å². The summed E-state index contributed by atoms with van der Waals surface area (Å²) in [5, 5.41) is 0. The Kier molecular flexibility index (Phi) is 3.84. The maximum absolute atomic E-state index is 13.4. The number of anilines is 1. The molecule has 1 unspecified atom stereocenters. The highest BCUT2D eigenvalue weighted by molar-refractivity contribution is 7.99. The molecule has 2 N–H and O–H groups in total. The molecular weight excluding hydrogens is 275 g/mol. The molecule has 1 atom stereocenters. The van der Waals surface area contributed by atoms with Crippen molar-refractivity contribution in [2.45, 2.75) is 17.9 Å². The van der Waals surface area contributed by atoms with Gasteiger partial charge in [0.15, 0.2) is 0 Å². The van der Waals surface area contributed by atoms with Gasteiger partial charge in [-0.05, 0) is 19.1 Å². The standard InChI is InChI=1S/C11H15FN2O2S2/c1-8-7-17-6-5-14(8)18(15,16)10-4-2-3-9(12)11(10)13/h2-4,8H,5-7,13H2,1H3. The van der Waals surface area contributed by atoms with Crippen molar-refractivity contribution in [3.05, 3.63) is 24.0 Å². The van der Waals surface area contributed by atoms with E-state index >= 15 is 0 Å². The van der Waals surface area contributed by atoms with Crippen molar-refractivity contribution in [1.29, 1.82) is 0 Å². The van der Waals surface area contributed by atoms with Gasteiger partial charge in [-0.15, -0.1) is 0 Å². The number of sulfonamides is 1. The van der Waals surface area contributed by atoms with Gasteiger partial charge in [-0.1, -0.05) is 6.07 Å². The molecule has 1 heterocycles. The topological polar surface area (TPSA) is 63.4 Å². The zero-order chi connectivity index (χ0) is 13.3. The fraction of sp³-hybridized carbons (Fsp3) is 0.455. The fourth-order valence-corrected chi connectivity index (χ4v) is 4.92. The Morgan fingerprint density at radius 3 is 2.89 bits per heavy atom. The number of nitrogens with two attached hydrogens (primary N) is 1. The minimum atomic E-state index is -3.71. The molecule has 7 heteroatoms. The largest absolute Gasteiger partial charge is 0.395 e. The van der Waals surface area contributed by atoms with Crippen LogP contribution < -0.4 is 5.73 Å². The third-order valence-electron chi connectivity index (χ3n) is 2.91. The van der Waals surface area contributed by atoms with Crippen LogP contribution in [0.3, 0.4) is 0 Å². The van der Waals surface area contributed by atoms with E-state index in [1.165, 1.54) is 16.4 Å². The number of nitrogens with zero attached hydrogens (tertiary/aromatic N) is 1. The molecule has 2 rings (SSSR count). The summed E-state index contributed by atoms with van der Waals surface area (Å²) in [4.78, 5) is -0.138. The van der Waals surface area contributed by atoms with Crippen LogP contribution in [0.15, 0.2) is 23.1 Å². The summed E-state index contributed by atoms with van der Waals surface area (Å²) in [6.45, 7) is 2.28. The number of thioether (sulfide) groups is 1. The Balaban J connectivity index is 2.44. The zero-order valence-electron chi connectivity index (χ0n) is 9.97. The Labute approximate surface area is 110 Å². The molecule has 0 saturated carbocycles. The first-order valence-electron chi connectivity index (χ1n) is 5.58. The van der Waals surface area contributed by atoms with Gasteiger partial charge in [0.05, 0.1) is 5.69 Å². The van der Waals surface area contributed by atoms with Gasteiger partial charge >= 0.3 is 0 Å². The molecule has 0 amide bonds. The second-order valence-corrected chi connectivity index (χ2v) is 7.20. The van der Waals surface area contributed by atoms with Crippen LogP contribution in [0.2, 0.25) is 0 Å². The summed E-state index contributed by atoms with van der Waals surface area (Å²) in [6.07, 6.45) is 0.